The van der Waals surface area contributed by atoms with E-state index < -0.39 is 98.0 Å². The Bertz CT molecular complexity index is 4160. The van der Waals surface area contributed by atoms with Crippen LogP contribution >= 0.6 is 0 Å². The van der Waals surface area contributed by atoms with Crippen molar-refractivity contribution in [2.45, 2.75) is 33.4 Å². The predicted molar refractivity (Wildman–Crippen MR) is 286 cm³/mol. The third kappa shape index (κ3) is 17.3. The number of nitrogens with zero attached hydrogens (tertiary/aromatic N) is 12. The molecule has 1 heterocycles. The molecule has 0 amide bonds. The van der Waals surface area contributed by atoms with Crippen LogP contribution < -0.4 is 15.5 Å². The molecule has 0 aliphatic rings. The third-order valence-electron chi connectivity index (χ3n) is 10.3. The van der Waals surface area contributed by atoms with Crippen LogP contribution in [0.3, 0.4) is 0 Å². The van der Waals surface area contributed by atoms with E-state index in [1.807, 2.05) is 0 Å². The first kappa shape index (κ1) is 60.2. The number of hydrogen-bond acceptors (Lipinski definition) is 26. The minimum atomic E-state index is -5.01. The van der Waals surface area contributed by atoms with Gasteiger partial charge < -0.3 is 15.5 Å². The Balaban J connectivity index is 1.13. The maximum atomic E-state index is 12.4. The van der Waals surface area contributed by atoms with Crippen molar-refractivity contribution in [2.24, 2.45) is 40.9 Å². The lowest BCUT2D eigenvalue weighted by Crippen LogP contribution is -2.35. The molecule has 81 heavy (non-hydrogen) atoms. The first-order chi connectivity index (χ1) is 37.6. The number of aryl methyl sites for hydroxylation is 2. The molecule has 32 nitrogen and oxygen atoms in total. The number of anilines is 5. The van der Waals surface area contributed by atoms with E-state index in [2.05, 4.69) is 66.5 Å². The number of aromatic nitrogens is 3. The highest BCUT2D eigenvalue weighted by molar-refractivity contribution is 7.87. The van der Waals surface area contributed by atoms with Crippen molar-refractivity contribution in [2.75, 3.05) is 27.3 Å². The van der Waals surface area contributed by atoms with E-state index in [0.29, 0.717) is 16.0 Å². The van der Waals surface area contributed by atoms with Gasteiger partial charge in [-0.15, -0.1) is 10.2 Å². The molecule has 8 N–H and O–H groups in total. The fourth-order valence-corrected chi connectivity index (χ4v) is 10.2. The number of benzene rings is 6. The molecule has 0 fully saturated rings. The molecule has 424 valence electrons. The van der Waals surface area contributed by atoms with Crippen LogP contribution in [0.4, 0.5) is 74.7 Å². The Labute approximate surface area is 459 Å². The fourth-order valence-electron chi connectivity index (χ4n) is 6.64. The molecule has 0 saturated heterocycles. The summed E-state index contributed by atoms with van der Waals surface area (Å²) in [5.41, 5.74) is 0.950. The van der Waals surface area contributed by atoms with Gasteiger partial charge in [0.05, 0.1) is 43.9 Å². The van der Waals surface area contributed by atoms with Gasteiger partial charge in [-0.3, -0.25) is 27.3 Å². The largest absolute Gasteiger partial charge is 0.324 e. The van der Waals surface area contributed by atoms with Gasteiger partial charge in [-0.05, 0) is 146 Å². The SMILES string of the molecule is Cc1cc(Nc2nc(Nc3ccc(N=Nc4ccc(N=Nc5ccc(S(=O)(=O)O)cc5)cc4S(=O)(=O)O)c(C)c3)nc(N(CS(=O)(=O)O)CS(=O)(=O)O)n2)ccc1N=Nc1ccc(N=Nc2ccc(S(=O)(=O)O)cc2)cc1S(=O)(=O)O. The van der Waals surface area contributed by atoms with Crippen LogP contribution in [0.15, 0.2) is 182 Å². The molecule has 7 rings (SSSR count). The second kappa shape index (κ2) is 23.7. The molecular formula is C43H38N14O18S6. The quantitative estimate of drug-likeness (QED) is 0.0245. The van der Waals surface area contributed by atoms with E-state index in [1.54, 1.807) is 13.8 Å². The maximum absolute atomic E-state index is 12.4. The van der Waals surface area contributed by atoms with Gasteiger partial charge in [0, 0.05) is 11.4 Å². The lowest BCUT2D eigenvalue weighted by atomic mass is 10.2. The summed E-state index contributed by atoms with van der Waals surface area (Å²) in [4.78, 5) is 10.7. The van der Waals surface area contributed by atoms with Gasteiger partial charge >= 0.3 is 0 Å². The van der Waals surface area contributed by atoms with Crippen LogP contribution in [0.1, 0.15) is 11.1 Å². The summed E-state index contributed by atoms with van der Waals surface area (Å²) in [5, 5.41) is 37.4. The summed E-state index contributed by atoms with van der Waals surface area (Å²) in [6.45, 7) is 3.13. The highest BCUT2D eigenvalue weighted by atomic mass is 32.2. The molecule has 6 aromatic carbocycles. The first-order valence-electron chi connectivity index (χ1n) is 21.9. The molecule has 38 heteroatoms. The maximum Gasteiger partial charge on any atom is 0.296 e. The molecule has 0 radical (unpaired) electrons. The number of rotatable bonds is 21. The molecule has 7 aromatic rings. The van der Waals surface area contributed by atoms with Crippen molar-refractivity contribution < 1.29 is 77.8 Å². The molecule has 0 aliphatic heterocycles. The van der Waals surface area contributed by atoms with Crippen LogP contribution in [-0.4, -0.2) is 105 Å². The zero-order valence-electron chi connectivity index (χ0n) is 40.9. The van der Waals surface area contributed by atoms with Crippen LogP contribution in [0.25, 0.3) is 0 Å². The van der Waals surface area contributed by atoms with Crippen molar-refractivity contribution in [3.05, 3.63) is 132 Å². The molecule has 0 saturated carbocycles. The number of nitrogens with one attached hydrogen (secondary N) is 2. The third-order valence-corrected chi connectivity index (χ3v) is 15.0. The topological polar surface area (TPSA) is 491 Å². The summed E-state index contributed by atoms with van der Waals surface area (Å²) in [6, 6.07) is 24.5. The van der Waals surface area contributed by atoms with Crippen molar-refractivity contribution in [3.8, 4) is 0 Å². The minimum Gasteiger partial charge on any atom is -0.324 e. The second-order valence-electron chi connectivity index (χ2n) is 16.5. The fraction of sp³-hybridized carbons (Fsp3) is 0.0930. The van der Waals surface area contributed by atoms with E-state index in [1.165, 1.54) is 84.9 Å². The molecule has 0 unspecified atom stereocenters. The van der Waals surface area contributed by atoms with E-state index >= 15 is 0 Å². The summed E-state index contributed by atoms with van der Waals surface area (Å²) < 4.78 is 201. The van der Waals surface area contributed by atoms with Crippen LogP contribution in [-0.2, 0) is 60.7 Å². The van der Waals surface area contributed by atoms with E-state index in [0.717, 1.165) is 36.4 Å². The number of hydrogen-bond donors (Lipinski definition) is 8. The lowest BCUT2D eigenvalue weighted by Gasteiger charge is -2.20. The van der Waals surface area contributed by atoms with E-state index in [4.69, 9.17) is 0 Å². The lowest BCUT2D eigenvalue weighted by molar-refractivity contribution is 0.473. The molecule has 0 aliphatic carbocycles. The van der Waals surface area contributed by atoms with Crippen LogP contribution in [0.2, 0.25) is 0 Å². The Morgan fingerprint density at radius 1 is 0.383 bits per heavy atom. The van der Waals surface area contributed by atoms with Crippen molar-refractivity contribution in [1.82, 2.24) is 15.0 Å². The predicted octanol–water partition coefficient (Wildman–Crippen LogP) is 9.12. The average molecular weight is 1230 g/mol. The van der Waals surface area contributed by atoms with Gasteiger partial charge in [0.2, 0.25) is 17.8 Å². The summed E-state index contributed by atoms with van der Waals surface area (Å²) in [5.74, 6) is -4.33. The summed E-state index contributed by atoms with van der Waals surface area (Å²) >= 11 is 0. The zero-order valence-corrected chi connectivity index (χ0v) is 45.8. The summed E-state index contributed by atoms with van der Waals surface area (Å²) in [7, 11) is -28.8. The Morgan fingerprint density at radius 3 is 1.02 bits per heavy atom. The van der Waals surface area contributed by atoms with E-state index in [9.17, 15) is 77.8 Å². The van der Waals surface area contributed by atoms with Crippen molar-refractivity contribution in [3.63, 3.8) is 0 Å². The molecule has 1 aromatic heterocycles. The van der Waals surface area contributed by atoms with Gasteiger partial charge in [0.1, 0.15) is 32.9 Å². The minimum absolute atomic E-state index is 0.0716. The van der Waals surface area contributed by atoms with Gasteiger partial charge in [0.25, 0.3) is 60.7 Å². The first-order valence-corrected chi connectivity index (χ1v) is 30.8. The van der Waals surface area contributed by atoms with Gasteiger partial charge in [0.15, 0.2) is 0 Å². The van der Waals surface area contributed by atoms with Gasteiger partial charge in [-0.25, -0.2) is 0 Å². The highest BCUT2D eigenvalue weighted by Gasteiger charge is 2.25. The summed E-state index contributed by atoms with van der Waals surface area (Å²) in [6.07, 6.45) is 0. The van der Waals surface area contributed by atoms with Crippen molar-refractivity contribution in [1.29, 1.82) is 0 Å². The standard InChI is InChI=1S/C43H38N14O18S6/c1-25-19-29(7-15-35(25)53-55-37-17-9-31(21-39(37)80(70,71)72)51-49-27-3-11-33(12-4-27)78(64,65)66)44-41-46-42(48-43(47-41)57(23-76(58,59)60)24-77(61,62)63)45-30-8-16-36(26(2)20-30)54-56-38-18-10-32(22-40(38)81(73,74)75)52-50-28-5-13-34(14-6-28)79(67,68)69/h3-22H,23-24H2,1-2H3,(H,58,59,60)(H,61,62,63)(H,64,65,66)(H,67,68,69)(H,70,71,72)(H,73,74,75)(H2,44,45,46,47,48). The van der Waals surface area contributed by atoms with Gasteiger partial charge in [-0.2, -0.15) is 96.1 Å². The van der Waals surface area contributed by atoms with Gasteiger partial charge in [-0.1, -0.05) is 0 Å². The molecule has 0 bridgehead atoms. The van der Waals surface area contributed by atoms with E-state index in [-0.39, 0.29) is 68.8 Å². The molecule has 0 atom stereocenters. The molecule has 0 spiro atoms. The monoisotopic (exact) mass is 1230 g/mol. The Morgan fingerprint density at radius 2 is 0.704 bits per heavy atom. The Kier molecular flexibility index (Phi) is 17.7. The smallest absolute Gasteiger partial charge is 0.296 e. The second-order valence-corrected chi connectivity index (χ2v) is 25.0. The van der Waals surface area contributed by atoms with Crippen LogP contribution in [0, 0.1) is 13.8 Å². The zero-order chi connectivity index (χ0) is 59.3. The normalized spacial score (nSPS) is 12.9. The number of azo groups is 4. The van der Waals surface area contributed by atoms with Crippen LogP contribution in [0.5, 0.6) is 0 Å². The van der Waals surface area contributed by atoms with Crippen molar-refractivity contribution >= 4 is 135 Å². The average Bonchev–Trinajstić information content (AvgIpc) is 3.36. The highest BCUT2D eigenvalue weighted by Crippen LogP contribution is 2.35. The molecular weight excluding hydrogens is 1190 g/mol. The Hall–Kier alpha value is -8.41.